The van der Waals surface area contributed by atoms with Crippen molar-refractivity contribution in [1.29, 1.82) is 0 Å². The molecule has 0 bridgehead atoms. The third-order valence-electron chi connectivity index (χ3n) is 3.13. The van der Waals surface area contributed by atoms with Gasteiger partial charge in [-0.1, -0.05) is 22.0 Å². The lowest BCUT2D eigenvalue weighted by molar-refractivity contribution is 0.484. The van der Waals surface area contributed by atoms with Gasteiger partial charge in [0.25, 0.3) is 0 Å². The lowest BCUT2D eigenvalue weighted by Crippen LogP contribution is -1.93. The van der Waals surface area contributed by atoms with Crippen molar-refractivity contribution in [2.24, 2.45) is 0 Å². The number of nitrogen functional groups attached to an aromatic ring is 1. The van der Waals surface area contributed by atoms with E-state index in [0.717, 1.165) is 32.4 Å². The van der Waals surface area contributed by atoms with Gasteiger partial charge in [0, 0.05) is 16.1 Å². The smallest absolute Gasteiger partial charge is 0.136 e. The maximum Gasteiger partial charge on any atom is 0.136 e. The summed E-state index contributed by atoms with van der Waals surface area (Å²) in [4.78, 5) is 4.31. The predicted octanol–water partition coefficient (Wildman–Crippen LogP) is 4.68. The van der Waals surface area contributed by atoms with Crippen molar-refractivity contribution in [1.82, 2.24) is 4.98 Å². The van der Waals surface area contributed by atoms with E-state index in [9.17, 15) is 0 Å². The summed E-state index contributed by atoms with van der Waals surface area (Å²) in [6, 6.07) is 13.5. The molecule has 0 aliphatic carbocycles. The predicted molar refractivity (Wildman–Crippen MR) is 85.1 cm³/mol. The van der Waals surface area contributed by atoms with Gasteiger partial charge in [-0.15, -0.1) is 0 Å². The molecule has 0 saturated heterocycles. The molecule has 3 aromatic rings. The first-order valence-electron chi connectivity index (χ1n) is 6.22. The van der Waals surface area contributed by atoms with E-state index in [1.165, 1.54) is 0 Å². The number of benzene rings is 2. The van der Waals surface area contributed by atoms with Crippen LogP contribution in [-0.4, -0.2) is 4.98 Å². The van der Waals surface area contributed by atoms with Gasteiger partial charge in [0.15, 0.2) is 0 Å². The fourth-order valence-corrected chi connectivity index (χ4v) is 2.40. The Morgan fingerprint density at radius 3 is 2.80 bits per heavy atom. The largest absolute Gasteiger partial charge is 0.456 e. The number of anilines is 1. The average Bonchev–Trinajstić information content (AvgIpc) is 2.46. The second-order valence-electron chi connectivity index (χ2n) is 4.56. The molecule has 0 atom stereocenters. The highest BCUT2D eigenvalue weighted by Crippen LogP contribution is 2.34. The molecule has 0 fully saturated rings. The first kappa shape index (κ1) is 12.9. The molecule has 0 amide bonds. The van der Waals surface area contributed by atoms with E-state index < -0.39 is 0 Å². The molecule has 0 radical (unpaired) electrons. The molecule has 1 aromatic heterocycles. The van der Waals surface area contributed by atoms with E-state index >= 15 is 0 Å². The van der Waals surface area contributed by atoms with E-state index in [-0.39, 0.29) is 0 Å². The minimum atomic E-state index is 0.652. The summed E-state index contributed by atoms with van der Waals surface area (Å²) in [5.41, 5.74) is 8.43. The SMILES string of the molecule is Cc1ccc(Br)cc1Oc1ccc(N)c2ncccc12. The van der Waals surface area contributed by atoms with Crippen LogP contribution in [0.5, 0.6) is 11.5 Å². The second kappa shape index (κ2) is 5.13. The van der Waals surface area contributed by atoms with Gasteiger partial charge in [0.2, 0.25) is 0 Å². The van der Waals surface area contributed by atoms with Crippen LogP contribution in [0.2, 0.25) is 0 Å². The Morgan fingerprint density at radius 2 is 1.95 bits per heavy atom. The topological polar surface area (TPSA) is 48.1 Å². The van der Waals surface area contributed by atoms with Gasteiger partial charge < -0.3 is 10.5 Å². The van der Waals surface area contributed by atoms with Crippen LogP contribution in [0.25, 0.3) is 10.9 Å². The number of ether oxygens (including phenoxy) is 1. The number of aromatic nitrogens is 1. The fourth-order valence-electron chi connectivity index (χ4n) is 2.06. The van der Waals surface area contributed by atoms with E-state index in [2.05, 4.69) is 20.9 Å². The van der Waals surface area contributed by atoms with Gasteiger partial charge in [-0.05, 0) is 48.9 Å². The van der Waals surface area contributed by atoms with Crippen LogP contribution in [0.3, 0.4) is 0 Å². The zero-order valence-electron chi connectivity index (χ0n) is 10.9. The van der Waals surface area contributed by atoms with Crippen LogP contribution < -0.4 is 10.5 Å². The Bertz CT molecular complexity index is 787. The summed E-state index contributed by atoms with van der Waals surface area (Å²) >= 11 is 3.46. The summed E-state index contributed by atoms with van der Waals surface area (Å²) in [7, 11) is 0. The third-order valence-corrected chi connectivity index (χ3v) is 3.62. The Kier molecular flexibility index (Phi) is 3.32. The molecule has 0 unspecified atom stereocenters. The molecule has 2 aromatic carbocycles. The Morgan fingerprint density at radius 1 is 1.10 bits per heavy atom. The van der Waals surface area contributed by atoms with Crippen molar-refractivity contribution in [3.63, 3.8) is 0 Å². The van der Waals surface area contributed by atoms with Crippen molar-refractivity contribution < 1.29 is 4.74 Å². The maximum atomic E-state index is 6.03. The van der Waals surface area contributed by atoms with Crippen LogP contribution in [0.4, 0.5) is 5.69 Å². The number of pyridine rings is 1. The average molecular weight is 329 g/mol. The molecule has 20 heavy (non-hydrogen) atoms. The molecule has 1 heterocycles. The molecule has 2 N–H and O–H groups in total. The number of hydrogen-bond donors (Lipinski definition) is 1. The van der Waals surface area contributed by atoms with Crippen LogP contribution in [0.1, 0.15) is 5.56 Å². The van der Waals surface area contributed by atoms with E-state index in [0.29, 0.717) is 5.69 Å². The number of nitrogens with two attached hydrogens (primary N) is 1. The lowest BCUT2D eigenvalue weighted by Gasteiger charge is -2.12. The summed E-state index contributed by atoms with van der Waals surface area (Å²) < 4.78 is 7.02. The summed E-state index contributed by atoms with van der Waals surface area (Å²) in [5.74, 6) is 1.57. The number of aryl methyl sites for hydroxylation is 1. The lowest BCUT2D eigenvalue weighted by atomic mass is 10.1. The van der Waals surface area contributed by atoms with Gasteiger partial charge in [0.1, 0.15) is 11.5 Å². The number of nitrogens with zero attached hydrogens (tertiary/aromatic N) is 1. The van der Waals surface area contributed by atoms with Crippen molar-refractivity contribution in [2.45, 2.75) is 6.92 Å². The highest BCUT2D eigenvalue weighted by atomic mass is 79.9. The fraction of sp³-hybridized carbons (Fsp3) is 0.0625. The molecule has 0 saturated carbocycles. The van der Waals surface area contributed by atoms with Gasteiger partial charge in [-0.25, -0.2) is 0 Å². The molecule has 3 rings (SSSR count). The number of fused-ring (bicyclic) bond motifs is 1. The molecule has 100 valence electrons. The highest BCUT2D eigenvalue weighted by Gasteiger charge is 2.08. The van der Waals surface area contributed by atoms with Gasteiger partial charge in [0.05, 0.1) is 11.2 Å². The molecule has 4 heteroatoms. The summed E-state index contributed by atoms with van der Waals surface area (Å²) in [6.07, 6.45) is 1.73. The summed E-state index contributed by atoms with van der Waals surface area (Å²) in [6.45, 7) is 2.01. The Balaban J connectivity index is 2.11. The van der Waals surface area contributed by atoms with Crippen LogP contribution >= 0.6 is 15.9 Å². The summed E-state index contributed by atoms with van der Waals surface area (Å²) in [5, 5.41) is 0.909. The number of rotatable bonds is 2. The van der Waals surface area contributed by atoms with E-state index in [4.69, 9.17) is 10.5 Å². The molecule has 0 spiro atoms. The number of halogens is 1. The second-order valence-corrected chi connectivity index (χ2v) is 5.48. The quantitative estimate of drug-likeness (QED) is 0.695. The number of hydrogen-bond acceptors (Lipinski definition) is 3. The minimum absolute atomic E-state index is 0.652. The third kappa shape index (κ3) is 2.34. The zero-order valence-corrected chi connectivity index (χ0v) is 12.5. The van der Waals surface area contributed by atoms with Gasteiger partial charge in [-0.3, -0.25) is 4.98 Å². The van der Waals surface area contributed by atoms with Crippen molar-refractivity contribution in [3.8, 4) is 11.5 Å². The first-order chi connectivity index (χ1) is 9.65. The molecular formula is C16H13BrN2O. The molecule has 3 nitrogen and oxygen atoms in total. The van der Waals surface area contributed by atoms with E-state index in [1.807, 2.05) is 49.4 Å². The normalized spacial score (nSPS) is 10.7. The maximum absolute atomic E-state index is 6.03. The molecule has 0 aliphatic rings. The molecule has 0 aliphatic heterocycles. The van der Waals surface area contributed by atoms with Gasteiger partial charge >= 0.3 is 0 Å². The van der Waals surface area contributed by atoms with Crippen LogP contribution in [-0.2, 0) is 0 Å². The Labute approximate surface area is 125 Å². The van der Waals surface area contributed by atoms with Crippen LogP contribution in [0, 0.1) is 6.92 Å². The van der Waals surface area contributed by atoms with Crippen LogP contribution in [0.15, 0.2) is 53.1 Å². The minimum Gasteiger partial charge on any atom is -0.456 e. The highest BCUT2D eigenvalue weighted by molar-refractivity contribution is 9.10. The first-order valence-corrected chi connectivity index (χ1v) is 7.01. The van der Waals surface area contributed by atoms with Gasteiger partial charge in [-0.2, -0.15) is 0 Å². The van der Waals surface area contributed by atoms with E-state index in [1.54, 1.807) is 6.20 Å². The van der Waals surface area contributed by atoms with Crippen molar-refractivity contribution in [3.05, 3.63) is 58.7 Å². The van der Waals surface area contributed by atoms with Crippen molar-refractivity contribution >= 4 is 32.5 Å². The molecular weight excluding hydrogens is 316 g/mol. The standard InChI is InChI=1S/C16H13BrN2O/c1-10-4-5-11(17)9-15(10)20-14-7-6-13(18)16-12(14)3-2-8-19-16/h2-9H,18H2,1H3. The van der Waals surface area contributed by atoms with Crippen molar-refractivity contribution in [2.75, 3.05) is 5.73 Å². The monoisotopic (exact) mass is 328 g/mol. The zero-order chi connectivity index (χ0) is 14.1. The Hall–Kier alpha value is -2.07.